The molecule has 9 nitrogen and oxygen atoms in total. The number of hydrogen-bond donors (Lipinski definition) is 2. The maximum Gasteiger partial charge on any atom is 0.321 e. The van der Waals surface area contributed by atoms with Gasteiger partial charge in [0, 0.05) is 18.8 Å². The molecule has 9 heteroatoms. The van der Waals surface area contributed by atoms with E-state index in [4.69, 9.17) is 19.9 Å². The first-order chi connectivity index (χ1) is 17.1. The highest BCUT2D eigenvalue weighted by atomic mass is 16.6. The maximum absolute atomic E-state index is 12.5. The molecule has 1 aromatic rings. The first-order valence-corrected chi connectivity index (χ1v) is 12.8. The van der Waals surface area contributed by atoms with Gasteiger partial charge in [0.1, 0.15) is 6.04 Å². The van der Waals surface area contributed by atoms with Gasteiger partial charge in [-0.15, -0.1) is 0 Å². The SMILES string of the molecule is CCC(C)(C)C(=O)OCC(C)C(c1ccc(OC(=O)CC(C)C)c(OC(=O)CC(C)C)c1)[C@H](N)C(=O)O. The summed E-state index contributed by atoms with van der Waals surface area (Å²) in [7, 11) is 0. The van der Waals surface area contributed by atoms with Crippen LogP contribution in [-0.4, -0.2) is 41.6 Å². The Bertz CT molecular complexity index is 954. The summed E-state index contributed by atoms with van der Waals surface area (Å²) in [6, 6.07) is 3.19. The van der Waals surface area contributed by atoms with E-state index in [1.807, 2.05) is 34.6 Å². The van der Waals surface area contributed by atoms with Gasteiger partial charge in [0.25, 0.3) is 0 Å². The van der Waals surface area contributed by atoms with Crippen LogP contribution in [0.3, 0.4) is 0 Å². The second-order valence-corrected chi connectivity index (χ2v) is 11.1. The highest BCUT2D eigenvalue weighted by Crippen LogP contribution is 2.36. The van der Waals surface area contributed by atoms with Crippen molar-refractivity contribution in [2.24, 2.45) is 28.9 Å². The molecule has 37 heavy (non-hydrogen) atoms. The number of carboxylic acid groups (broad SMARTS) is 1. The molecule has 208 valence electrons. The molecule has 0 bridgehead atoms. The fourth-order valence-electron chi connectivity index (χ4n) is 3.59. The van der Waals surface area contributed by atoms with E-state index in [0.29, 0.717) is 12.0 Å². The van der Waals surface area contributed by atoms with Crippen LogP contribution in [0.5, 0.6) is 11.5 Å². The number of benzene rings is 1. The molecule has 0 saturated carbocycles. The van der Waals surface area contributed by atoms with Crippen molar-refractivity contribution in [3.63, 3.8) is 0 Å². The van der Waals surface area contributed by atoms with E-state index >= 15 is 0 Å². The molecule has 0 aromatic heterocycles. The normalized spacial score (nSPS) is 14.1. The summed E-state index contributed by atoms with van der Waals surface area (Å²) in [4.78, 5) is 49.1. The smallest absolute Gasteiger partial charge is 0.321 e. The summed E-state index contributed by atoms with van der Waals surface area (Å²) in [5.41, 5.74) is 5.84. The minimum atomic E-state index is -1.33. The number of ether oxygens (including phenoxy) is 3. The second-order valence-electron chi connectivity index (χ2n) is 11.1. The van der Waals surface area contributed by atoms with Gasteiger partial charge in [-0.3, -0.25) is 19.2 Å². The highest BCUT2D eigenvalue weighted by Gasteiger charge is 2.34. The van der Waals surface area contributed by atoms with Crippen molar-refractivity contribution >= 4 is 23.9 Å². The van der Waals surface area contributed by atoms with Gasteiger partial charge in [-0.2, -0.15) is 0 Å². The largest absolute Gasteiger partial charge is 0.480 e. The summed E-state index contributed by atoms with van der Waals surface area (Å²) < 4.78 is 16.5. The van der Waals surface area contributed by atoms with Crippen LogP contribution in [0.1, 0.15) is 86.1 Å². The molecule has 2 unspecified atom stereocenters. The molecular formula is C28H43NO8. The van der Waals surface area contributed by atoms with Crippen molar-refractivity contribution < 1.29 is 38.5 Å². The molecule has 0 fully saturated rings. The molecular weight excluding hydrogens is 478 g/mol. The average molecular weight is 522 g/mol. The van der Waals surface area contributed by atoms with E-state index in [2.05, 4.69) is 0 Å². The van der Waals surface area contributed by atoms with E-state index in [1.165, 1.54) is 12.1 Å². The number of carbonyl (C=O) groups excluding carboxylic acids is 3. The van der Waals surface area contributed by atoms with Crippen molar-refractivity contribution in [2.75, 3.05) is 6.61 Å². The standard InChI is InChI=1S/C28H43NO8/c1-9-28(7,8)27(34)35-15-18(6)24(25(29)26(32)33)19-10-11-20(36-22(30)12-16(2)3)21(14-19)37-23(31)13-17(4)5/h10-11,14,16-18,24-25H,9,12-13,15,29H2,1-8H3,(H,32,33)/t18?,24?,25-/m0/s1. The third kappa shape index (κ3) is 10.1. The lowest BCUT2D eigenvalue weighted by molar-refractivity contribution is -0.155. The van der Waals surface area contributed by atoms with E-state index in [1.54, 1.807) is 26.8 Å². The molecule has 0 amide bonds. The van der Waals surface area contributed by atoms with E-state index in [-0.39, 0.29) is 48.8 Å². The van der Waals surface area contributed by atoms with Crippen LogP contribution in [-0.2, 0) is 23.9 Å². The van der Waals surface area contributed by atoms with Crippen LogP contribution >= 0.6 is 0 Å². The van der Waals surface area contributed by atoms with Gasteiger partial charge in [-0.1, -0.05) is 47.6 Å². The van der Waals surface area contributed by atoms with Gasteiger partial charge >= 0.3 is 23.9 Å². The molecule has 0 saturated heterocycles. The van der Waals surface area contributed by atoms with Crippen molar-refractivity contribution in [1.82, 2.24) is 0 Å². The first kappa shape index (κ1) is 32.1. The van der Waals surface area contributed by atoms with Crippen LogP contribution in [0.2, 0.25) is 0 Å². The molecule has 3 N–H and O–H groups in total. The highest BCUT2D eigenvalue weighted by molar-refractivity contribution is 5.78. The summed E-state index contributed by atoms with van der Waals surface area (Å²) in [6.45, 7) is 14.6. The second kappa shape index (κ2) is 14.1. The molecule has 0 aliphatic rings. The van der Waals surface area contributed by atoms with Crippen LogP contribution in [0.25, 0.3) is 0 Å². The van der Waals surface area contributed by atoms with E-state index in [0.717, 1.165) is 0 Å². The topological polar surface area (TPSA) is 142 Å². The van der Waals surface area contributed by atoms with Gasteiger partial charge < -0.3 is 25.1 Å². The summed E-state index contributed by atoms with van der Waals surface area (Å²) >= 11 is 0. The molecule has 0 aliphatic carbocycles. The lowest BCUT2D eigenvalue weighted by atomic mass is 9.81. The molecule has 0 heterocycles. The third-order valence-corrected chi connectivity index (χ3v) is 6.15. The van der Waals surface area contributed by atoms with Crippen molar-refractivity contribution in [3.8, 4) is 11.5 Å². The quantitative estimate of drug-likeness (QED) is 0.263. The number of esters is 3. The number of aliphatic carboxylic acids is 1. The Morgan fingerprint density at radius 2 is 1.43 bits per heavy atom. The Morgan fingerprint density at radius 1 is 0.919 bits per heavy atom. The molecule has 1 rings (SSSR count). The summed E-state index contributed by atoms with van der Waals surface area (Å²) in [5, 5.41) is 9.69. The van der Waals surface area contributed by atoms with Crippen LogP contribution < -0.4 is 15.2 Å². The average Bonchev–Trinajstić information content (AvgIpc) is 2.77. The van der Waals surface area contributed by atoms with Crippen LogP contribution in [0.15, 0.2) is 18.2 Å². The van der Waals surface area contributed by atoms with E-state index < -0.39 is 41.2 Å². The third-order valence-electron chi connectivity index (χ3n) is 6.15. The fourth-order valence-corrected chi connectivity index (χ4v) is 3.59. The Balaban J connectivity index is 3.39. The predicted molar refractivity (Wildman–Crippen MR) is 139 cm³/mol. The Kier molecular flexibility index (Phi) is 12.2. The number of rotatable bonds is 14. The van der Waals surface area contributed by atoms with E-state index in [9.17, 15) is 24.3 Å². The molecule has 0 aliphatic heterocycles. The number of hydrogen-bond acceptors (Lipinski definition) is 8. The fraction of sp³-hybridized carbons (Fsp3) is 0.643. The first-order valence-electron chi connectivity index (χ1n) is 12.8. The van der Waals surface area contributed by atoms with Gasteiger partial charge in [0.05, 0.1) is 12.0 Å². The van der Waals surface area contributed by atoms with Gasteiger partial charge in [0.2, 0.25) is 0 Å². The Morgan fingerprint density at radius 3 is 1.89 bits per heavy atom. The zero-order chi connectivity index (χ0) is 28.5. The Labute approximate surface area is 220 Å². The molecule has 3 atom stereocenters. The van der Waals surface area contributed by atoms with Gasteiger partial charge in [-0.25, -0.2) is 0 Å². The van der Waals surface area contributed by atoms with Crippen LogP contribution in [0, 0.1) is 23.2 Å². The summed E-state index contributed by atoms with van der Waals surface area (Å²) in [5.74, 6) is -3.75. The predicted octanol–water partition coefficient (Wildman–Crippen LogP) is 4.70. The number of nitrogens with two attached hydrogens (primary N) is 1. The number of carboxylic acids is 1. The lowest BCUT2D eigenvalue weighted by Crippen LogP contribution is -2.41. The van der Waals surface area contributed by atoms with Crippen molar-refractivity contribution in [2.45, 2.75) is 86.6 Å². The number of carbonyl (C=O) groups is 4. The zero-order valence-electron chi connectivity index (χ0n) is 23.3. The maximum atomic E-state index is 12.5. The zero-order valence-corrected chi connectivity index (χ0v) is 23.3. The molecule has 1 aromatic carbocycles. The lowest BCUT2D eigenvalue weighted by Gasteiger charge is -2.29. The minimum absolute atomic E-state index is 0.000782. The molecule has 0 radical (unpaired) electrons. The minimum Gasteiger partial charge on any atom is -0.480 e. The van der Waals surface area contributed by atoms with Crippen LogP contribution in [0.4, 0.5) is 0 Å². The molecule has 0 spiro atoms. The monoisotopic (exact) mass is 521 g/mol. The van der Waals surface area contributed by atoms with Crippen molar-refractivity contribution in [3.05, 3.63) is 23.8 Å². The summed E-state index contributed by atoms with van der Waals surface area (Å²) in [6.07, 6.45) is 0.895. The Hall–Kier alpha value is -2.94. The van der Waals surface area contributed by atoms with Gasteiger partial charge in [-0.05, 0) is 55.7 Å². The van der Waals surface area contributed by atoms with Gasteiger partial charge in [0.15, 0.2) is 11.5 Å². The van der Waals surface area contributed by atoms with Crippen molar-refractivity contribution in [1.29, 1.82) is 0 Å².